The molecule has 13 nitrogen and oxygen atoms in total. The molecule has 1 aliphatic heterocycles. The molecule has 1 aromatic carbocycles. The monoisotopic (exact) mass is 512 g/mol. The van der Waals surface area contributed by atoms with Gasteiger partial charge in [0.2, 0.25) is 5.91 Å². The number of hydrogen-bond acceptors (Lipinski definition) is 9. The highest BCUT2D eigenvalue weighted by atomic mass is 16.5. The minimum absolute atomic E-state index is 0.0500. The molecule has 37 heavy (non-hydrogen) atoms. The summed E-state index contributed by atoms with van der Waals surface area (Å²) in [7, 11) is 1.48. The molecule has 3 amide bonds. The van der Waals surface area contributed by atoms with E-state index in [4.69, 9.17) is 9.84 Å². The molecule has 2 aromatic rings. The van der Waals surface area contributed by atoms with Gasteiger partial charge < -0.3 is 20.5 Å². The van der Waals surface area contributed by atoms with Gasteiger partial charge in [0.15, 0.2) is 0 Å². The highest BCUT2D eigenvalue weighted by Gasteiger charge is 2.26. The fourth-order valence-corrected chi connectivity index (χ4v) is 3.61. The van der Waals surface area contributed by atoms with Gasteiger partial charge in [0.05, 0.1) is 32.2 Å². The third-order valence-corrected chi connectivity index (χ3v) is 5.34. The fourth-order valence-electron chi connectivity index (χ4n) is 3.61. The van der Waals surface area contributed by atoms with Crippen molar-refractivity contribution < 1.29 is 24.2 Å². The summed E-state index contributed by atoms with van der Waals surface area (Å²) >= 11 is 0. The molecule has 3 rings (SSSR count). The molecule has 1 aliphatic rings. The van der Waals surface area contributed by atoms with E-state index < -0.39 is 18.2 Å². The molecule has 0 saturated carbocycles. The molecule has 2 heterocycles. The number of methoxy groups -OCH3 is 1. The van der Waals surface area contributed by atoms with Crippen molar-refractivity contribution in [2.24, 2.45) is 16.4 Å². The predicted molar refractivity (Wildman–Crippen MR) is 135 cm³/mol. The number of nitrogens with zero attached hydrogens (tertiary/aromatic N) is 5. The van der Waals surface area contributed by atoms with Crippen LogP contribution in [0.4, 0.5) is 16.3 Å². The number of amides is 3. The average Bonchev–Trinajstić information content (AvgIpc) is 3.33. The van der Waals surface area contributed by atoms with Crippen LogP contribution in [0, 0.1) is 5.92 Å². The van der Waals surface area contributed by atoms with Gasteiger partial charge in [-0.15, -0.1) is 0 Å². The number of pyridine rings is 1. The van der Waals surface area contributed by atoms with Crippen molar-refractivity contribution in [1.82, 2.24) is 20.3 Å². The fraction of sp³-hybridized carbons (Fsp3) is 0.417. The van der Waals surface area contributed by atoms with Crippen LogP contribution >= 0.6 is 0 Å². The van der Waals surface area contributed by atoms with Crippen LogP contribution in [0.1, 0.15) is 32.3 Å². The molecule has 1 atom stereocenters. The molecule has 0 fully saturated rings. The zero-order valence-corrected chi connectivity index (χ0v) is 21.0. The lowest BCUT2D eigenvalue weighted by Crippen LogP contribution is -2.48. The maximum Gasteiger partial charge on any atom is 0.324 e. The zero-order chi connectivity index (χ0) is 26.8. The van der Waals surface area contributed by atoms with Gasteiger partial charge in [-0.1, -0.05) is 31.2 Å². The standard InChI is InChI=1S/C24H32N8O5/c1-16(2)12-21(32-15-31(29-30-32)11-9-23(34)35)28-22(33)14-17-7-8-18(19(13-17)37-3)26-24(36)27-20-6-4-5-10-25-20/h4-8,10,13,16,21H,9,11-12,14-15H2,1-3H3,(H,28,33)(H,34,35)(H2,25,26,27,36). The van der Waals surface area contributed by atoms with Crippen LogP contribution in [0.25, 0.3) is 0 Å². The summed E-state index contributed by atoms with van der Waals surface area (Å²) in [5.74, 6) is -0.0451. The Morgan fingerprint density at radius 1 is 1.14 bits per heavy atom. The average molecular weight is 513 g/mol. The summed E-state index contributed by atoms with van der Waals surface area (Å²) in [5.41, 5.74) is 1.14. The Kier molecular flexibility index (Phi) is 9.58. The number of carboxylic acids is 1. The van der Waals surface area contributed by atoms with Gasteiger partial charge in [0.1, 0.15) is 24.4 Å². The topological polar surface area (TPSA) is 161 Å². The Hall–Kier alpha value is -4.42. The number of carbonyl (C=O) groups is 3. The van der Waals surface area contributed by atoms with Gasteiger partial charge in [-0.3, -0.25) is 19.9 Å². The number of ether oxygens (including phenoxy) is 1. The van der Waals surface area contributed by atoms with Crippen molar-refractivity contribution in [2.45, 2.75) is 39.3 Å². The first-order valence-electron chi connectivity index (χ1n) is 11.8. The van der Waals surface area contributed by atoms with Gasteiger partial charge >= 0.3 is 12.0 Å². The van der Waals surface area contributed by atoms with Gasteiger partial charge in [-0.2, -0.15) is 0 Å². The summed E-state index contributed by atoms with van der Waals surface area (Å²) < 4.78 is 5.41. The molecule has 13 heteroatoms. The summed E-state index contributed by atoms with van der Waals surface area (Å²) in [4.78, 5) is 40.1. The number of aliphatic carboxylic acids is 1. The zero-order valence-electron chi connectivity index (χ0n) is 21.0. The highest BCUT2D eigenvalue weighted by molar-refractivity contribution is 6.00. The first-order valence-corrected chi connectivity index (χ1v) is 11.8. The van der Waals surface area contributed by atoms with Gasteiger partial charge in [-0.25, -0.2) is 14.8 Å². The lowest BCUT2D eigenvalue weighted by Gasteiger charge is -2.28. The Morgan fingerprint density at radius 2 is 1.95 bits per heavy atom. The molecular formula is C24H32N8O5. The van der Waals surface area contributed by atoms with Crippen LogP contribution in [-0.4, -0.2) is 64.5 Å². The maximum absolute atomic E-state index is 12.9. The van der Waals surface area contributed by atoms with Gasteiger partial charge in [0, 0.05) is 6.20 Å². The largest absolute Gasteiger partial charge is 0.495 e. The molecule has 0 aliphatic carbocycles. The number of benzene rings is 1. The summed E-state index contributed by atoms with van der Waals surface area (Å²) in [6, 6.07) is 9.80. The van der Waals surface area contributed by atoms with E-state index in [-0.39, 0.29) is 31.2 Å². The third kappa shape index (κ3) is 8.63. The van der Waals surface area contributed by atoms with E-state index in [1.807, 2.05) is 13.8 Å². The van der Waals surface area contributed by atoms with Crippen molar-refractivity contribution in [3.63, 3.8) is 0 Å². The third-order valence-electron chi connectivity index (χ3n) is 5.34. The molecule has 0 spiro atoms. The molecule has 0 bridgehead atoms. The Labute approximate surface area is 214 Å². The van der Waals surface area contributed by atoms with Crippen molar-refractivity contribution in [2.75, 3.05) is 31.0 Å². The number of carboxylic acid groups (broad SMARTS) is 1. The maximum atomic E-state index is 12.9. The number of urea groups is 1. The number of rotatable bonds is 12. The number of hydrogen-bond donors (Lipinski definition) is 4. The van der Waals surface area contributed by atoms with E-state index in [9.17, 15) is 14.4 Å². The minimum atomic E-state index is -0.911. The molecule has 4 N–H and O–H groups in total. The second-order valence-corrected chi connectivity index (χ2v) is 8.85. The first-order chi connectivity index (χ1) is 17.7. The number of carbonyl (C=O) groups excluding carboxylic acids is 2. The predicted octanol–water partition coefficient (Wildman–Crippen LogP) is 3.10. The normalized spacial score (nSPS) is 13.4. The SMILES string of the molecule is COc1cc(CC(=O)NC(CC(C)C)N2CN(CCC(=O)O)N=N2)ccc1NC(=O)Nc1ccccn1. The number of nitrogens with one attached hydrogen (secondary N) is 3. The minimum Gasteiger partial charge on any atom is -0.495 e. The van der Waals surface area contributed by atoms with Crippen LogP contribution in [-0.2, 0) is 16.0 Å². The van der Waals surface area contributed by atoms with Crippen molar-refractivity contribution in [3.8, 4) is 5.75 Å². The molecular weight excluding hydrogens is 480 g/mol. The van der Waals surface area contributed by atoms with E-state index in [1.165, 1.54) is 7.11 Å². The van der Waals surface area contributed by atoms with Crippen LogP contribution < -0.4 is 20.7 Å². The Balaban J connectivity index is 1.59. The van der Waals surface area contributed by atoms with Crippen molar-refractivity contribution >= 4 is 29.4 Å². The van der Waals surface area contributed by atoms with E-state index >= 15 is 0 Å². The summed E-state index contributed by atoms with van der Waals surface area (Å²) in [5, 5.41) is 28.5. The highest BCUT2D eigenvalue weighted by Crippen LogP contribution is 2.26. The summed E-state index contributed by atoms with van der Waals surface area (Å²) in [6.07, 6.45) is 1.84. The first kappa shape index (κ1) is 27.2. The lowest BCUT2D eigenvalue weighted by atomic mass is 10.1. The van der Waals surface area contributed by atoms with E-state index in [2.05, 4.69) is 31.4 Å². The number of aromatic nitrogens is 1. The summed E-state index contributed by atoms with van der Waals surface area (Å²) in [6.45, 7) is 4.60. The van der Waals surface area contributed by atoms with Crippen LogP contribution in [0.3, 0.4) is 0 Å². The second kappa shape index (κ2) is 13.0. The van der Waals surface area contributed by atoms with E-state index in [0.717, 1.165) is 0 Å². The van der Waals surface area contributed by atoms with Crippen LogP contribution in [0.2, 0.25) is 0 Å². The molecule has 0 radical (unpaired) electrons. The Morgan fingerprint density at radius 3 is 2.62 bits per heavy atom. The Bertz CT molecular complexity index is 1110. The van der Waals surface area contributed by atoms with Crippen LogP contribution in [0.5, 0.6) is 5.75 Å². The number of anilines is 2. The quantitative estimate of drug-likeness (QED) is 0.337. The van der Waals surface area contributed by atoms with Crippen molar-refractivity contribution in [1.29, 1.82) is 0 Å². The second-order valence-electron chi connectivity index (χ2n) is 8.85. The molecule has 1 aromatic heterocycles. The van der Waals surface area contributed by atoms with Crippen LogP contribution in [0.15, 0.2) is 53.0 Å². The molecule has 0 saturated heterocycles. The smallest absolute Gasteiger partial charge is 0.324 e. The van der Waals surface area contributed by atoms with Crippen molar-refractivity contribution in [3.05, 3.63) is 48.2 Å². The van der Waals surface area contributed by atoms with E-state index in [0.29, 0.717) is 35.9 Å². The molecule has 1 unspecified atom stereocenters. The molecule has 198 valence electrons. The van der Waals surface area contributed by atoms with Gasteiger partial charge in [-0.05, 0) is 47.4 Å². The van der Waals surface area contributed by atoms with Gasteiger partial charge in [0.25, 0.3) is 0 Å². The van der Waals surface area contributed by atoms with E-state index in [1.54, 1.807) is 52.6 Å². The lowest BCUT2D eigenvalue weighted by molar-refractivity contribution is -0.137.